The standard InChI is InChI=1S/C14H16N2O3S/c1-9-4-3-5-11(6-9)15-12(17)7-16-13(18)8-20-10(2)14(16)19/h3-6,10H,7-8H2,1-2H3,(H,15,17)/t10-/m0/s1. The normalized spacial score (nSPS) is 19.1. The van der Waals surface area contributed by atoms with Crippen molar-refractivity contribution in [3.63, 3.8) is 0 Å². The Morgan fingerprint density at radius 3 is 2.90 bits per heavy atom. The van der Waals surface area contributed by atoms with E-state index in [1.54, 1.807) is 13.0 Å². The molecule has 0 aliphatic carbocycles. The van der Waals surface area contributed by atoms with Gasteiger partial charge in [0, 0.05) is 5.69 Å². The van der Waals surface area contributed by atoms with Crippen LogP contribution in [0.1, 0.15) is 12.5 Å². The van der Waals surface area contributed by atoms with Crippen molar-refractivity contribution >= 4 is 35.2 Å². The SMILES string of the molecule is Cc1cccc(NC(=O)CN2C(=O)CS[C@@H](C)C2=O)c1. The number of hydrogen-bond acceptors (Lipinski definition) is 4. The lowest BCUT2D eigenvalue weighted by Crippen LogP contribution is -2.49. The Hall–Kier alpha value is -1.82. The Bertz CT molecular complexity index is 559. The monoisotopic (exact) mass is 292 g/mol. The maximum Gasteiger partial charge on any atom is 0.244 e. The Morgan fingerprint density at radius 2 is 2.20 bits per heavy atom. The summed E-state index contributed by atoms with van der Waals surface area (Å²) in [5.41, 5.74) is 1.69. The molecule has 3 amide bonds. The van der Waals surface area contributed by atoms with Crippen LogP contribution in [0.4, 0.5) is 5.69 Å². The Kier molecular flexibility index (Phi) is 4.44. The molecule has 0 bridgehead atoms. The minimum absolute atomic E-state index is 0.226. The predicted octanol–water partition coefficient (Wildman–Crippen LogP) is 1.42. The molecule has 5 nitrogen and oxygen atoms in total. The largest absolute Gasteiger partial charge is 0.325 e. The Labute approximate surface area is 121 Å². The van der Waals surface area contributed by atoms with Crippen LogP contribution in [0, 0.1) is 6.92 Å². The summed E-state index contributed by atoms with van der Waals surface area (Å²) in [6.07, 6.45) is 0. The summed E-state index contributed by atoms with van der Waals surface area (Å²) in [6, 6.07) is 7.35. The van der Waals surface area contributed by atoms with Crippen molar-refractivity contribution in [1.82, 2.24) is 4.90 Å². The van der Waals surface area contributed by atoms with Gasteiger partial charge in [0.25, 0.3) is 0 Å². The number of aryl methyl sites for hydroxylation is 1. The summed E-state index contributed by atoms with van der Waals surface area (Å²) in [4.78, 5) is 36.5. The Balaban J connectivity index is 2.00. The first-order valence-corrected chi connectivity index (χ1v) is 7.34. The molecule has 1 fully saturated rings. The zero-order valence-electron chi connectivity index (χ0n) is 11.4. The average molecular weight is 292 g/mol. The maximum atomic E-state index is 11.9. The second-order valence-corrected chi connectivity index (χ2v) is 6.02. The van der Waals surface area contributed by atoms with E-state index in [2.05, 4.69) is 5.32 Å². The maximum absolute atomic E-state index is 11.9. The van der Waals surface area contributed by atoms with Gasteiger partial charge in [0.2, 0.25) is 17.7 Å². The van der Waals surface area contributed by atoms with Crippen LogP contribution in [0.2, 0.25) is 0 Å². The molecular formula is C14H16N2O3S. The zero-order chi connectivity index (χ0) is 14.7. The fourth-order valence-electron chi connectivity index (χ4n) is 1.92. The molecule has 0 radical (unpaired) electrons. The van der Waals surface area contributed by atoms with Crippen LogP contribution in [0.15, 0.2) is 24.3 Å². The van der Waals surface area contributed by atoms with Gasteiger partial charge in [0.1, 0.15) is 6.54 Å². The summed E-state index contributed by atoms with van der Waals surface area (Å²) in [7, 11) is 0. The summed E-state index contributed by atoms with van der Waals surface area (Å²) < 4.78 is 0. The van der Waals surface area contributed by atoms with Crippen molar-refractivity contribution in [3.8, 4) is 0 Å². The highest BCUT2D eigenvalue weighted by molar-refractivity contribution is 8.01. The number of thioether (sulfide) groups is 1. The molecule has 0 unspecified atom stereocenters. The number of nitrogens with one attached hydrogen (secondary N) is 1. The first-order chi connectivity index (χ1) is 9.47. The van der Waals surface area contributed by atoms with Crippen LogP contribution in [0.25, 0.3) is 0 Å². The molecule has 6 heteroatoms. The number of benzene rings is 1. The first kappa shape index (κ1) is 14.6. The zero-order valence-corrected chi connectivity index (χ0v) is 12.2. The second kappa shape index (κ2) is 6.09. The molecule has 1 aliphatic rings. The molecule has 1 heterocycles. The second-order valence-electron chi connectivity index (χ2n) is 4.69. The molecule has 1 atom stereocenters. The molecule has 0 saturated carbocycles. The number of imide groups is 1. The molecular weight excluding hydrogens is 276 g/mol. The minimum Gasteiger partial charge on any atom is -0.325 e. The molecule has 0 spiro atoms. The van der Waals surface area contributed by atoms with E-state index in [1.807, 2.05) is 25.1 Å². The number of amides is 3. The summed E-state index contributed by atoms with van der Waals surface area (Å²) in [5, 5.41) is 2.42. The van der Waals surface area contributed by atoms with Gasteiger partial charge in [-0.15, -0.1) is 11.8 Å². The third-order valence-corrected chi connectivity index (χ3v) is 4.09. The highest BCUT2D eigenvalue weighted by Crippen LogP contribution is 2.20. The molecule has 1 saturated heterocycles. The molecule has 106 valence electrons. The predicted molar refractivity (Wildman–Crippen MR) is 78.4 cm³/mol. The van der Waals surface area contributed by atoms with Crippen molar-refractivity contribution in [2.45, 2.75) is 19.1 Å². The third kappa shape index (κ3) is 3.39. The lowest BCUT2D eigenvalue weighted by molar-refractivity contribution is -0.145. The fourth-order valence-corrected chi connectivity index (χ4v) is 2.74. The van der Waals surface area contributed by atoms with E-state index >= 15 is 0 Å². The lowest BCUT2D eigenvalue weighted by atomic mass is 10.2. The number of rotatable bonds is 3. The number of anilines is 1. The van der Waals surface area contributed by atoms with Crippen LogP contribution in [-0.2, 0) is 14.4 Å². The van der Waals surface area contributed by atoms with Gasteiger partial charge >= 0.3 is 0 Å². The van der Waals surface area contributed by atoms with E-state index in [0.29, 0.717) is 5.69 Å². The van der Waals surface area contributed by atoms with E-state index in [1.165, 1.54) is 11.8 Å². The molecule has 1 N–H and O–H groups in total. The highest BCUT2D eigenvalue weighted by atomic mass is 32.2. The van der Waals surface area contributed by atoms with Gasteiger partial charge in [0.15, 0.2) is 0 Å². The van der Waals surface area contributed by atoms with Gasteiger partial charge in [-0.3, -0.25) is 19.3 Å². The van der Waals surface area contributed by atoms with Crippen molar-refractivity contribution in [2.75, 3.05) is 17.6 Å². The molecule has 0 aromatic heterocycles. The van der Waals surface area contributed by atoms with Crippen molar-refractivity contribution in [1.29, 1.82) is 0 Å². The highest BCUT2D eigenvalue weighted by Gasteiger charge is 2.33. The van der Waals surface area contributed by atoms with Gasteiger partial charge < -0.3 is 5.32 Å². The van der Waals surface area contributed by atoms with Gasteiger partial charge in [0.05, 0.1) is 11.0 Å². The molecule has 1 aliphatic heterocycles. The van der Waals surface area contributed by atoms with E-state index in [0.717, 1.165) is 10.5 Å². The smallest absolute Gasteiger partial charge is 0.244 e. The van der Waals surface area contributed by atoms with E-state index in [-0.39, 0.29) is 35.3 Å². The molecule has 1 aromatic rings. The summed E-state index contributed by atoms with van der Waals surface area (Å²) in [5.74, 6) is -0.732. The topological polar surface area (TPSA) is 66.5 Å². The number of carbonyl (C=O) groups is 3. The van der Waals surface area contributed by atoms with Crippen molar-refractivity contribution in [2.24, 2.45) is 0 Å². The quantitative estimate of drug-likeness (QED) is 0.856. The van der Waals surface area contributed by atoms with Gasteiger partial charge in [-0.05, 0) is 31.5 Å². The number of nitrogens with zero attached hydrogens (tertiary/aromatic N) is 1. The Morgan fingerprint density at radius 1 is 1.45 bits per heavy atom. The van der Waals surface area contributed by atoms with Crippen molar-refractivity contribution < 1.29 is 14.4 Å². The van der Waals surface area contributed by atoms with Crippen LogP contribution >= 0.6 is 11.8 Å². The van der Waals surface area contributed by atoms with E-state index in [4.69, 9.17) is 0 Å². The van der Waals surface area contributed by atoms with Crippen LogP contribution in [0.5, 0.6) is 0 Å². The molecule has 2 rings (SSSR count). The lowest BCUT2D eigenvalue weighted by Gasteiger charge is -2.27. The van der Waals surface area contributed by atoms with Gasteiger partial charge in [-0.25, -0.2) is 0 Å². The van der Waals surface area contributed by atoms with Crippen LogP contribution in [0.3, 0.4) is 0 Å². The van der Waals surface area contributed by atoms with E-state index < -0.39 is 0 Å². The number of hydrogen-bond donors (Lipinski definition) is 1. The van der Waals surface area contributed by atoms with Crippen LogP contribution < -0.4 is 5.32 Å². The van der Waals surface area contributed by atoms with E-state index in [9.17, 15) is 14.4 Å². The average Bonchev–Trinajstić information content (AvgIpc) is 2.39. The van der Waals surface area contributed by atoms with Crippen molar-refractivity contribution in [3.05, 3.63) is 29.8 Å². The first-order valence-electron chi connectivity index (χ1n) is 6.29. The van der Waals surface area contributed by atoms with Gasteiger partial charge in [-0.1, -0.05) is 12.1 Å². The van der Waals surface area contributed by atoms with Crippen LogP contribution in [-0.4, -0.2) is 40.2 Å². The third-order valence-electron chi connectivity index (χ3n) is 2.98. The summed E-state index contributed by atoms with van der Waals surface area (Å²) >= 11 is 1.30. The van der Waals surface area contributed by atoms with Gasteiger partial charge in [-0.2, -0.15) is 0 Å². The fraction of sp³-hybridized carbons (Fsp3) is 0.357. The molecule has 20 heavy (non-hydrogen) atoms. The molecule has 1 aromatic carbocycles. The number of carbonyl (C=O) groups excluding carboxylic acids is 3. The minimum atomic E-state index is -0.364. The summed E-state index contributed by atoms with van der Waals surface area (Å²) in [6.45, 7) is 3.44.